The summed E-state index contributed by atoms with van der Waals surface area (Å²) < 4.78 is 5.11. The number of hydrogen-bond acceptors (Lipinski definition) is 5. The highest BCUT2D eigenvalue weighted by Gasteiger charge is 2.11. The maximum Gasteiger partial charge on any atom is 0.273 e. The van der Waals surface area contributed by atoms with Crippen molar-refractivity contribution in [1.29, 1.82) is 0 Å². The molecule has 6 nitrogen and oxygen atoms in total. The van der Waals surface area contributed by atoms with E-state index in [1.165, 1.54) is 18.4 Å². The highest BCUT2D eigenvalue weighted by atomic mass is 32.1. The van der Waals surface area contributed by atoms with E-state index in [2.05, 4.69) is 21.2 Å². The van der Waals surface area contributed by atoms with E-state index in [1.807, 2.05) is 5.38 Å². The normalized spacial score (nSPS) is 9.65. The number of anilines is 1. The molecule has 0 radical (unpaired) electrons. The minimum atomic E-state index is -0.342. The third kappa shape index (κ3) is 3.65. The van der Waals surface area contributed by atoms with Crippen LogP contribution in [-0.4, -0.2) is 23.1 Å². The van der Waals surface area contributed by atoms with Gasteiger partial charge in [-0.1, -0.05) is 12.1 Å². The average Bonchev–Trinajstić information content (AvgIpc) is 2.97. The lowest BCUT2D eigenvalue weighted by molar-refractivity contribution is 0.0941. The molecule has 2 aromatic rings. The number of thiocarbonyl (C=S) groups is 1. The molecule has 1 aromatic heterocycles. The standard InChI is InChI=1S/C12H12N4O2S2/c1-18-9-5-3-2-4-8(9)10(17)15-16-11(19)14-12-13-6-7-20-12/h2-7H,1H3,(H,15,17)(H2,13,14,16,19). The molecule has 0 unspecified atom stereocenters. The van der Waals surface area contributed by atoms with E-state index in [1.54, 1.807) is 30.5 Å². The predicted molar refractivity (Wildman–Crippen MR) is 81.9 cm³/mol. The molecule has 0 aliphatic heterocycles. The summed E-state index contributed by atoms with van der Waals surface area (Å²) in [4.78, 5) is 16.0. The van der Waals surface area contributed by atoms with Crippen molar-refractivity contribution < 1.29 is 9.53 Å². The number of hydrazine groups is 1. The van der Waals surface area contributed by atoms with Gasteiger partial charge in [0, 0.05) is 11.6 Å². The Kier molecular flexibility index (Phi) is 4.85. The monoisotopic (exact) mass is 308 g/mol. The summed E-state index contributed by atoms with van der Waals surface area (Å²) >= 11 is 6.44. The first-order valence-electron chi connectivity index (χ1n) is 5.60. The number of rotatable bonds is 3. The van der Waals surface area contributed by atoms with Crippen LogP contribution in [0.3, 0.4) is 0 Å². The molecule has 104 valence electrons. The number of benzene rings is 1. The van der Waals surface area contributed by atoms with Gasteiger partial charge >= 0.3 is 0 Å². The van der Waals surface area contributed by atoms with Crippen LogP contribution in [-0.2, 0) is 0 Å². The maximum atomic E-state index is 12.0. The second kappa shape index (κ2) is 6.83. The molecule has 0 atom stereocenters. The van der Waals surface area contributed by atoms with E-state index in [0.29, 0.717) is 16.4 Å². The molecule has 20 heavy (non-hydrogen) atoms. The van der Waals surface area contributed by atoms with Gasteiger partial charge in [-0.05, 0) is 24.4 Å². The number of methoxy groups -OCH3 is 1. The Morgan fingerprint density at radius 1 is 1.35 bits per heavy atom. The number of nitrogens with zero attached hydrogens (tertiary/aromatic N) is 1. The molecule has 1 heterocycles. The Hall–Kier alpha value is -2.19. The summed E-state index contributed by atoms with van der Waals surface area (Å²) in [5, 5.41) is 5.56. The Bertz CT molecular complexity index is 601. The molecule has 0 fully saturated rings. The lowest BCUT2D eigenvalue weighted by Crippen LogP contribution is -2.43. The fraction of sp³-hybridized carbons (Fsp3) is 0.0833. The third-order valence-electron chi connectivity index (χ3n) is 2.29. The van der Waals surface area contributed by atoms with Crippen LogP contribution in [0.25, 0.3) is 0 Å². The number of ether oxygens (including phenoxy) is 1. The van der Waals surface area contributed by atoms with E-state index in [0.717, 1.165) is 0 Å². The Labute approximate surface area is 125 Å². The molecule has 3 N–H and O–H groups in total. The van der Waals surface area contributed by atoms with Crippen molar-refractivity contribution in [2.75, 3.05) is 12.4 Å². The molecule has 1 aromatic carbocycles. The van der Waals surface area contributed by atoms with Gasteiger partial charge in [-0.25, -0.2) is 4.98 Å². The number of carbonyl (C=O) groups is 1. The van der Waals surface area contributed by atoms with Gasteiger partial charge in [0.25, 0.3) is 5.91 Å². The zero-order chi connectivity index (χ0) is 14.4. The number of amides is 1. The van der Waals surface area contributed by atoms with Crippen LogP contribution in [0.2, 0.25) is 0 Å². The van der Waals surface area contributed by atoms with Crippen LogP contribution in [0.15, 0.2) is 35.8 Å². The highest BCUT2D eigenvalue weighted by Crippen LogP contribution is 2.16. The minimum Gasteiger partial charge on any atom is -0.496 e. The van der Waals surface area contributed by atoms with Crippen molar-refractivity contribution in [2.24, 2.45) is 0 Å². The lowest BCUT2D eigenvalue weighted by Gasteiger charge is -2.11. The molecule has 0 saturated heterocycles. The van der Waals surface area contributed by atoms with E-state index in [4.69, 9.17) is 17.0 Å². The lowest BCUT2D eigenvalue weighted by atomic mass is 10.2. The van der Waals surface area contributed by atoms with Crippen molar-refractivity contribution in [1.82, 2.24) is 15.8 Å². The summed E-state index contributed by atoms with van der Waals surface area (Å²) in [5.74, 6) is 0.149. The molecule has 8 heteroatoms. The third-order valence-corrected chi connectivity index (χ3v) is 3.19. The summed E-state index contributed by atoms with van der Waals surface area (Å²) in [7, 11) is 1.51. The Morgan fingerprint density at radius 2 is 2.15 bits per heavy atom. The largest absolute Gasteiger partial charge is 0.496 e. The topological polar surface area (TPSA) is 75.3 Å². The average molecular weight is 308 g/mol. The minimum absolute atomic E-state index is 0.253. The zero-order valence-electron chi connectivity index (χ0n) is 10.5. The van der Waals surface area contributed by atoms with Crippen LogP contribution >= 0.6 is 23.6 Å². The van der Waals surface area contributed by atoms with Gasteiger partial charge in [-0.3, -0.25) is 15.6 Å². The van der Waals surface area contributed by atoms with E-state index in [-0.39, 0.29) is 11.0 Å². The van der Waals surface area contributed by atoms with E-state index >= 15 is 0 Å². The van der Waals surface area contributed by atoms with Gasteiger partial charge in [0.05, 0.1) is 12.7 Å². The van der Waals surface area contributed by atoms with Crippen LogP contribution in [0.4, 0.5) is 5.13 Å². The van der Waals surface area contributed by atoms with Crippen LogP contribution < -0.4 is 20.9 Å². The second-order valence-electron chi connectivity index (χ2n) is 3.57. The Morgan fingerprint density at radius 3 is 2.85 bits per heavy atom. The molecule has 0 saturated carbocycles. The number of aromatic nitrogens is 1. The van der Waals surface area contributed by atoms with Gasteiger partial charge in [-0.15, -0.1) is 11.3 Å². The molecular weight excluding hydrogens is 296 g/mol. The fourth-order valence-electron chi connectivity index (χ4n) is 1.43. The van der Waals surface area contributed by atoms with Crippen molar-refractivity contribution in [3.05, 3.63) is 41.4 Å². The first kappa shape index (κ1) is 14.2. The van der Waals surface area contributed by atoms with Gasteiger partial charge in [0.2, 0.25) is 0 Å². The summed E-state index contributed by atoms with van der Waals surface area (Å²) in [6.07, 6.45) is 1.66. The quantitative estimate of drug-likeness (QED) is 0.593. The first-order chi connectivity index (χ1) is 9.70. The van der Waals surface area contributed by atoms with Gasteiger partial charge in [-0.2, -0.15) is 0 Å². The van der Waals surface area contributed by atoms with E-state index < -0.39 is 0 Å². The van der Waals surface area contributed by atoms with Gasteiger partial charge in [0.15, 0.2) is 10.2 Å². The number of para-hydroxylation sites is 1. The molecule has 0 aliphatic carbocycles. The Balaban J connectivity index is 1.90. The predicted octanol–water partition coefficient (Wildman–Crippen LogP) is 1.78. The van der Waals surface area contributed by atoms with Crippen LogP contribution in [0.1, 0.15) is 10.4 Å². The smallest absolute Gasteiger partial charge is 0.273 e. The van der Waals surface area contributed by atoms with Gasteiger partial charge in [0.1, 0.15) is 5.75 Å². The summed E-state index contributed by atoms with van der Waals surface area (Å²) in [5.41, 5.74) is 5.51. The number of hydrogen-bond donors (Lipinski definition) is 3. The number of carbonyl (C=O) groups excluding carboxylic acids is 1. The molecule has 0 spiro atoms. The molecule has 0 aliphatic rings. The molecule has 0 bridgehead atoms. The SMILES string of the molecule is COc1ccccc1C(=O)NNC(=S)Nc1nccs1. The number of nitrogens with one attached hydrogen (secondary N) is 3. The molecular formula is C12H12N4O2S2. The molecule has 2 rings (SSSR count). The summed E-state index contributed by atoms with van der Waals surface area (Å²) in [6.45, 7) is 0. The van der Waals surface area contributed by atoms with Crippen LogP contribution in [0, 0.1) is 0 Å². The molecule has 1 amide bonds. The van der Waals surface area contributed by atoms with Crippen LogP contribution in [0.5, 0.6) is 5.75 Å². The number of thiazole rings is 1. The van der Waals surface area contributed by atoms with Crippen molar-refractivity contribution >= 4 is 39.7 Å². The van der Waals surface area contributed by atoms with Crippen molar-refractivity contribution in [2.45, 2.75) is 0 Å². The van der Waals surface area contributed by atoms with Crippen molar-refractivity contribution in [3.63, 3.8) is 0 Å². The zero-order valence-corrected chi connectivity index (χ0v) is 12.2. The second-order valence-corrected chi connectivity index (χ2v) is 4.87. The highest BCUT2D eigenvalue weighted by molar-refractivity contribution is 7.80. The first-order valence-corrected chi connectivity index (χ1v) is 6.89. The summed E-state index contributed by atoms with van der Waals surface area (Å²) in [6, 6.07) is 6.91. The van der Waals surface area contributed by atoms with Crippen molar-refractivity contribution in [3.8, 4) is 5.75 Å². The maximum absolute atomic E-state index is 12.0. The fourth-order valence-corrected chi connectivity index (χ4v) is 2.17. The van der Waals surface area contributed by atoms with Gasteiger partial charge < -0.3 is 10.1 Å². The van der Waals surface area contributed by atoms with E-state index in [9.17, 15) is 4.79 Å².